The summed E-state index contributed by atoms with van der Waals surface area (Å²) < 4.78 is 17.9. The molecule has 0 radical (unpaired) electrons. The predicted molar refractivity (Wildman–Crippen MR) is 234 cm³/mol. The fourth-order valence-corrected chi connectivity index (χ4v) is 7.78. The summed E-state index contributed by atoms with van der Waals surface area (Å²) in [6.45, 7) is 3.36. The Kier molecular flexibility index (Phi) is 25.0. The molecule has 1 amide bonds. The number of amides is 1. The minimum atomic E-state index is -0.910. The Morgan fingerprint density at radius 2 is 1.00 bits per heavy atom. The summed E-state index contributed by atoms with van der Waals surface area (Å²) >= 11 is 0. The monoisotopic (exact) mass is 772 g/mol. The van der Waals surface area contributed by atoms with Gasteiger partial charge in [-0.2, -0.15) is 0 Å². The van der Waals surface area contributed by atoms with Crippen LogP contribution in [-0.2, 0) is 15.1 Å². The van der Waals surface area contributed by atoms with Crippen molar-refractivity contribution in [2.75, 3.05) is 34.0 Å². The van der Waals surface area contributed by atoms with Crippen molar-refractivity contribution in [2.24, 2.45) is 5.92 Å². The number of nitrogens with one attached hydrogen (secondary N) is 1. The maximum Gasteiger partial charge on any atom is 0.219 e. The van der Waals surface area contributed by atoms with Crippen molar-refractivity contribution in [1.82, 2.24) is 5.32 Å². The van der Waals surface area contributed by atoms with Gasteiger partial charge in [0.25, 0.3) is 0 Å². The molecule has 1 atom stereocenters. The molecule has 0 saturated heterocycles. The van der Waals surface area contributed by atoms with Crippen molar-refractivity contribution in [3.05, 3.63) is 95.6 Å². The molecule has 312 valence electrons. The van der Waals surface area contributed by atoms with E-state index in [1.54, 1.807) is 14.2 Å². The first kappa shape index (κ1) is 47.0. The van der Waals surface area contributed by atoms with Gasteiger partial charge in [-0.1, -0.05) is 184 Å². The lowest BCUT2D eigenvalue weighted by atomic mass is 9.79. The Morgan fingerprint density at radius 1 is 0.571 bits per heavy atom. The molecule has 0 aliphatic rings. The molecule has 1 unspecified atom stereocenters. The van der Waals surface area contributed by atoms with Crippen LogP contribution in [0.3, 0.4) is 0 Å². The minimum Gasteiger partial charge on any atom is -0.497 e. The van der Waals surface area contributed by atoms with Crippen molar-refractivity contribution in [2.45, 2.75) is 160 Å². The molecular formula is C50H77NO5. The molecule has 0 fully saturated rings. The Bertz CT molecular complexity index is 1330. The third-order valence-corrected chi connectivity index (χ3v) is 11.3. The fourth-order valence-electron chi connectivity index (χ4n) is 7.78. The van der Waals surface area contributed by atoms with E-state index in [9.17, 15) is 9.90 Å². The highest BCUT2D eigenvalue weighted by Crippen LogP contribution is 2.42. The van der Waals surface area contributed by atoms with Gasteiger partial charge in [-0.05, 0) is 60.2 Å². The van der Waals surface area contributed by atoms with Gasteiger partial charge in [0.1, 0.15) is 17.1 Å². The van der Waals surface area contributed by atoms with Gasteiger partial charge < -0.3 is 24.6 Å². The fraction of sp³-hybridized carbons (Fsp3) is 0.620. The number of aliphatic hydroxyl groups is 1. The van der Waals surface area contributed by atoms with Crippen LogP contribution in [0.5, 0.6) is 11.5 Å². The number of methoxy groups -OCH3 is 2. The number of carbonyl (C=O) groups excluding carboxylic acids is 1. The third-order valence-electron chi connectivity index (χ3n) is 11.3. The van der Waals surface area contributed by atoms with Crippen LogP contribution >= 0.6 is 0 Å². The number of hydrogen-bond acceptors (Lipinski definition) is 5. The van der Waals surface area contributed by atoms with Gasteiger partial charge in [0, 0.05) is 25.5 Å². The van der Waals surface area contributed by atoms with Crippen molar-refractivity contribution in [1.29, 1.82) is 0 Å². The first-order valence-electron chi connectivity index (χ1n) is 22.4. The number of carbonyl (C=O) groups is 1. The zero-order chi connectivity index (χ0) is 39.9. The topological polar surface area (TPSA) is 77.0 Å². The average Bonchev–Trinajstić information content (AvgIpc) is 3.24. The Hall–Kier alpha value is -3.35. The molecule has 0 saturated carbocycles. The van der Waals surface area contributed by atoms with Crippen molar-refractivity contribution >= 4 is 5.91 Å². The molecule has 3 aromatic rings. The predicted octanol–water partition coefficient (Wildman–Crippen LogP) is 12.7. The lowest BCUT2D eigenvalue weighted by Crippen LogP contribution is -2.35. The summed E-state index contributed by atoms with van der Waals surface area (Å²) in [6.07, 6.45) is 29.0. The van der Waals surface area contributed by atoms with Crippen molar-refractivity contribution in [3.63, 3.8) is 0 Å². The van der Waals surface area contributed by atoms with Crippen molar-refractivity contribution in [3.8, 4) is 11.5 Å². The Labute approximate surface area is 341 Å². The highest BCUT2D eigenvalue weighted by atomic mass is 16.5. The van der Waals surface area contributed by atoms with Gasteiger partial charge in [0.15, 0.2) is 0 Å². The second-order valence-electron chi connectivity index (χ2n) is 15.8. The quantitative estimate of drug-likeness (QED) is 0.0467. The van der Waals surface area contributed by atoms with E-state index >= 15 is 0 Å². The zero-order valence-corrected chi connectivity index (χ0v) is 35.5. The van der Waals surface area contributed by atoms with E-state index in [2.05, 4.69) is 24.4 Å². The SMILES string of the molecule is CCCCCCCCCCCCCCCCCCCCCC(=O)NCCCCC(CO)COC(c1ccccc1)(c1ccc(OC)cc1)c1ccc(OC)cc1. The van der Waals surface area contributed by atoms with Crippen LogP contribution in [0, 0.1) is 5.92 Å². The molecule has 6 heteroatoms. The molecule has 2 N–H and O–H groups in total. The molecule has 0 aromatic heterocycles. The van der Waals surface area contributed by atoms with Crippen LogP contribution in [0.25, 0.3) is 0 Å². The van der Waals surface area contributed by atoms with Gasteiger partial charge in [-0.15, -0.1) is 0 Å². The van der Waals surface area contributed by atoms with Gasteiger partial charge in [0.05, 0.1) is 20.8 Å². The number of rotatable bonds is 34. The summed E-state index contributed by atoms with van der Waals surface area (Å²) in [5, 5.41) is 13.5. The van der Waals surface area contributed by atoms with Gasteiger partial charge in [-0.25, -0.2) is 0 Å². The molecule has 0 aliphatic carbocycles. The summed E-state index contributed by atoms with van der Waals surface area (Å²) in [4.78, 5) is 12.5. The van der Waals surface area contributed by atoms with E-state index in [1.165, 1.54) is 109 Å². The first-order valence-corrected chi connectivity index (χ1v) is 22.4. The number of ether oxygens (including phenoxy) is 3. The smallest absolute Gasteiger partial charge is 0.219 e. The van der Waals surface area contributed by atoms with E-state index in [4.69, 9.17) is 14.2 Å². The average molecular weight is 772 g/mol. The lowest BCUT2D eigenvalue weighted by Gasteiger charge is -2.37. The normalized spacial score (nSPS) is 12.1. The summed E-state index contributed by atoms with van der Waals surface area (Å²) in [6, 6.07) is 26.3. The zero-order valence-electron chi connectivity index (χ0n) is 35.5. The molecule has 0 heterocycles. The molecular weight excluding hydrogens is 695 g/mol. The van der Waals surface area contributed by atoms with E-state index < -0.39 is 5.60 Å². The van der Waals surface area contributed by atoms with Crippen LogP contribution < -0.4 is 14.8 Å². The highest BCUT2D eigenvalue weighted by Gasteiger charge is 2.38. The number of benzene rings is 3. The molecule has 6 nitrogen and oxygen atoms in total. The van der Waals surface area contributed by atoms with E-state index in [-0.39, 0.29) is 18.4 Å². The van der Waals surface area contributed by atoms with E-state index in [1.807, 2.05) is 66.7 Å². The maximum absolute atomic E-state index is 12.5. The van der Waals surface area contributed by atoms with Gasteiger partial charge in [0.2, 0.25) is 5.91 Å². The maximum atomic E-state index is 12.5. The molecule has 0 bridgehead atoms. The molecule has 56 heavy (non-hydrogen) atoms. The molecule has 0 aliphatic heterocycles. The standard InChI is InChI=1S/C50H77NO5/c1-4-5-6-7-8-9-10-11-12-13-14-15-16-17-18-19-20-21-25-31-49(53)51-40-27-26-28-43(41-52)42-56-50(44-29-23-22-24-30-44,45-32-36-47(54-2)37-33-45)46-34-38-48(55-3)39-35-46/h22-24,29-30,32-39,43,52H,4-21,25-28,31,40-42H2,1-3H3,(H,51,53). The van der Waals surface area contributed by atoms with E-state index in [0.29, 0.717) is 19.6 Å². The van der Waals surface area contributed by atoms with Gasteiger partial charge in [-0.3, -0.25) is 4.79 Å². The number of aliphatic hydroxyl groups excluding tert-OH is 1. The first-order chi connectivity index (χ1) is 27.6. The second kappa shape index (κ2) is 29.8. The number of unbranched alkanes of at least 4 members (excludes halogenated alkanes) is 19. The second-order valence-corrected chi connectivity index (χ2v) is 15.8. The molecule has 3 rings (SSSR count). The largest absolute Gasteiger partial charge is 0.497 e. The summed E-state index contributed by atoms with van der Waals surface area (Å²) in [5.74, 6) is 1.66. The third kappa shape index (κ3) is 17.8. The molecule has 3 aromatic carbocycles. The van der Waals surface area contributed by atoms with Crippen LogP contribution in [0.4, 0.5) is 0 Å². The number of hydrogen-bond donors (Lipinski definition) is 2. The highest BCUT2D eigenvalue weighted by molar-refractivity contribution is 5.75. The van der Waals surface area contributed by atoms with Crippen LogP contribution in [0.1, 0.15) is 171 Å². The van der Waals surface area contributed by atoms with Crippen molar-refractivity contribution < 1.29 is 24.1 Å². The molecule has 0 spiro atoms. The minimum absolute atomic E-state index is 0.0296. The van der Waals surface area contributed by atoms with Crippen LogP contribution in [-0.4, -0.2) is 45.0 Å². The van der Waals surface area contributed by atoms with Gasteiger partial charge >= 0.3 is 0 Å². The Morgan fingerprint density at radius 3 is 1.43 bits per heavy atom. The summed E-state index contributed by atoms with van der Waals surface area (Å²) in [5.41, 5.74) is 2.03. The Balaban J connectivity index is 1.29. The van der Waals surface area contributed by atoms with Crippen LogP contribution in [0.2, 0.25) is 0 Å². The summed E-state index contributed by atoms with van der Waals surface area (Å²) in [7, 11) is 3.33. The van der Waals surface area contributed by atoms with Crippen LogP contribution in [0.15, 0.2) is 78.9 Å². The van der Waals surface area contributed by atoms with E-state index in [0.717, 1.165) is 60.3 Å². The lowest BCUT2D eigenvalue weighted by molar-refractivity contribution is -0.121.